The van der Waals surface area contributed by atoms with Gasteiger partial charge in [-0.3, -0.25) is 4.68 Å². The number of nitrogens with zero attached hydrogens (tertiary/aromatic N) is 2. The molecule has 1 N–H and O–H groups in total. The van der Waals surface area contributed by atoms with Crippen molar-refractivity contribution >= 4 is 0 Å². The van der Waals surface area contributed by atoms with Crippen LogP contribution < -0.4 is 5.32 Å². The van der Waals surface area contributed by atoms with Gasteiger partial charge >= 0.3 is 0 Å². The average Bonchev–Trinajstić information content (AvgIpc) is 2.82. The Hall–Kier alpha value is -1.68. The molecule has 96 valence electrons. The van der Waals surface area contributed by atoms with Crippen molar-refractivity contribution in [2.45, 2.75) is 26.4 Å². The van der Waals surface area contributed by atoms with Gasteiger partial charge in [0.1, 0.15) is 5.82 Å². The summed E-state index contributed by atoms with van der Waals surface area (Å²) in [6.45, 7) is 4.85. The number of aryl methyl sites for hydroxylation is 1. The summed E-state index contributed by atoms with van der Waals surface area (Å²) in [4.78, 5) is 0. The second kappa shape index (κ2) is 5.31. The number of hydrogen-bond acceptors (Lipinski definition) is 2. The number of rotatable bonds is 4. The lowest BCUT2D eigenvalue weighted by atomic mass is 10.1. The Morgan fingerprint density at radius 1 is 1.39 bits per heavy atom. The highest BCUT2D eigenvalue weighted by atomic mass is 19.1. The van der Waals surface area contributed by atoms with Crippen LogP contribution in [0, 0.1) is 5.82 Å². The maximum absolute atomic E-state index is 13.3. The molecule has 0 fully saturated rings. The van der Waals surface area contributed by atoms with Crippen LogP contribution in [0.2, 0.25) is 0 Å². The van der Waals surface area contributed by atoms with E-state index in [-0.39, 0.29) is 11.9 Å². The van der Waals surface area contributed by atoms with Crippen LogP contribution in [0.25, 0.3) is 11.3 Å². The number of halogens is 1. The molecular weight excluding hydrogens is 229 g/mol. The van der Waals surface area contributed by atoms with Gasteiger partial charge in [-0.05, 0) is 39.1 Å². The second-order valence-electron chi connectivity index (χ2n) is 4.29. The van der Waals surface area contributed by atoms with E-state index in [4.69, 9.17) is 0 Å². The van der Waals surface area contributed by atoms with E-state index in [1.165, 1.54) is 12.1 Å². The molecule has 2 aromatic rings. The van der Waals surface area contributed by atoms with Crippen molar-refractivity contribution in [3.05, 3.63) is 41.8 Å². The smallest absolute Gasteiger partial charge is 0.123 e. The van der Waals surface area contributed by atoms with Crippen LogP contribution in [0.3, 0.4) is 0 Å². The first-order chi connectivity index (χ1) is 8.65. The zero-order valence-corrected chi connectivity index (χ0v) is 10.9. The van der Waals surface area contributed by atoms with Crippen molar-refractivity contribution in [2.75, 3.05) is 7.05 Å². The van der Waals surface area contributed by atoms with Crippen LogP contribution in [-0.2, 0) is 6.54 Å². The molecule has 18 heavy (non-hydrogen) atoms. The molecule has 2 rings (SSSR count). The van der Waals surface area contributed by atoms with Crippen molar-refractivity contribution < 1.29 is 4.39 Å². The Labute approximate surface area is 107 Å². The Morgan fingerprint density at radius 2 is 2.17 bits per heavy atom. The lowest BCUT2D eigenvalue weighted by Crippen LogP contribution is -2.13. The molecule has 4 heteroatoms. The number of nitrogens with one attached hydrogen (secondary N) is 1. The summed E-state index contributed by atoms with van der Waals surface area (Å²) in [5.74, 6) is -0.223. The lowest BCUT2D eigenvalue weighted by molar-refractivity contribution is 0.590. The van der Waals surface area contributed by atoms with Gasteiger partial charge in [0.25, 0.3) is 0 Å². The van der Waals surface area contributed by atoms with E-state index < -0.39 is 0 Å². The molecule has 0 amide bonds. The lowest BCUT2D eigenvalue weighted by Gasteiger charge is -2.05. The predicted molar refractivity (Wildman–Crippen MR) is 70.8 cm³/mol. The van der Waals surface area contributed by atoms with Gasteiger partial charge in [-0.25, -0.2) is 4.39 Å². The minimum Gasteiger partial charge on any atom is -0.312 e. The Morgan fingerprint density at radius 3 is 2.78 bits per heavy atom. The van der Waals surface area contributed by atoms with E-state index in [1.807, 2.05) is 30.8 Å². The van der Waals surface area contributed by atoms with Gasteiger partial charge in [0.15, 0.2) is 0 Å². The quantitative estimate of drug-likeness (QED) is 0.900. The van der Waals surface area contributed by atoms with Crippen LogP contribution in [0.1, 0.15) is 25.6 Å². The summed E-state index contributed by atoms with van der Waals surface area (Å²) in [5.41, 5.74) is 2.78. The number of hydrogen-bond donors (Lipinski definition) is 1. The van der Waals surface area contributed by atoms with E-state index in [0.29, 0.717) is 0 Å². The van der Waals surface area contributed by atoms with Gasteiger partial charge in [0.05, 0.1) is 11.4 Å². The summed E-state index contributed by atoms with van der Waals surface area (Å²) in [7, 11) is 1.90. The summed E-state index contributed by atoms with van der Waals surface area (Å²) < 4.78 is 15.2. The topological polar surface area (TPSA) is 29.9 Å². The van der Waals surface area contributed by atoms with E-state index in [1.54, 1.807) is 6.07 Å². The molecule has 1 aromatic heterocycles. The van der Waals surface area contributed by atoms with Crippen molar-refractivity contribution in [3.63, 3.8) is 0 Å². The third kappa shape index (κ3) is 2.43. The van der Waals surface area contributed by atoms with Crippen molar-refractivity contribution in [3.8, 4) is 11.3 Å². The molecule has 1 atom stereocenters. The Kier molecular flexibility index (Phi) is 3.77. The Bertz CT molecular complexity index is 534. The predicted octanol–water partition coefficient (Wildman–Crippen LogP) is 2.99. The zero-order chi connectivity index (χ0) is 13.1. The summed E-state index contributed by atoms with van der Waals surface area (Å²) in [6, 6.07) is 8.81. The third-order valence-corrected chi connectivity index (χ3v) is 3.10. The van der Waals surface area contributed by atoms with Gasteiger partial charge < -0.3 is 5.32 Å². The van der Waals surface area contributed by atoms with Crippen LogP contribution >= 0.6 is 0 Å². The summed E-state index contributed by atoms with van der Waals surface area (Å²) >= 11 is 0. The van der Waals surface area contributed by atoms with E-state index in [0.717, 1.165) is 23.5 Å². The molecule has 1 unspecified atom stereocenters. The average molecular weight is 247 g/mol. The van der Waals surface area contributed by atoms with Gasteiger partial charge in [0, 0.05) is 18.2 Å². The Balaban J connectivity index is 2.46. The highest BCUT2D eigenvalue weighted by Crippen LogP contribution is 2.23. The molecule has 0 aliphatic carbocycles. The van der Waals surface area contributed by atoms with Gasteiger partial charge in [0.2, 0.25) is 0 Å². The molecule has 0 aliphatic heterocycles. The molecule has 0 saturated heterocycles. The number of aromatic nitrogens is 2. The molecule has 3 nitrogen and oxygen atoms in total. The first kappa shape index (κ1) is 12.8. The van der Waals surface area contributed by atoms with Gasteiger partial charge in [-0.1, -0.05) is 12.1 Å². The maximum Gasteiger partial charge on any atom is 0.123 e. The van der Waals surface area contributed by atoms with E-state index >= 15 is 0 Å². The molecular formula is C14H18FN3. The van der Waals surface area contributed by atoms with Gasteiger partial charge in [-0.2, -0.15) is 5.10 Å². The van der Waals surface area contributed by atoms with E-state index in [9.17, 15) is 4.39 Å². The molecule has 0 radical (unpaired) electrons. The fraction of sp³-hybridized carbons (Fsp3) is 0.357. The highest BCUT2D eigenvalue weighted by Gasteiger charge is 2.13. The van der Waals surface area contributed by atoms with Crippen molar-refractivity contribution in [2.24, 2.45) is 0 Å². The molecule has 0 aliphatic rings. The first-order valence-electron chi connectivity index (χ1n) is 6.16. The first-order valence-corrected chi connectivity index (χ1v) is 6.16. The largest absolute Gasteiger partial charge is 0.312 e. The minimum absolute atomic E-state index is 0.185. The fourth-order valence-corrected chi connectivity index (χ4v) is 1.92. The van der Waals surface area contributed by atoms with Crippen LogP contribution in [0.5, 0.6) is 0 Å². The molecule has 0 saturated carbocycles. The van der Waals surface area contributed by atoms with Crippen molar-refractivity contribution in [1.82, 2.24) is 15.1 Å². The van der Waals surface area contributed by atoms with Crippen LogP contribution in [0.15, 0.2) is 30.3 Å². The SMILES string of the molecule is CCn1nc(C(C)NC)cc1-c1cccc(F)c1. The fourth-order valence-electron chi connectivity index (χ4n) is 1.92. The molecule has 1 aromatic carbocycles. The molecule has 0 bridgehead atoms. The summed E-state index contributed by atoms with van der Waals surface area (Å²) in [6.07, 6.45) is 0. The molecule has 0 spiro atoms. The van der Waals surface area contributed by atoms with Crippen molar-refractivity contribution in [1.29, 1.82) is 0 Å². The van der Waals surface area contributed by atoms with E-state index in [2.05, 4.69) is 17.3 Å². The normalized spacial score (nSPS) is 12.7. The zero-order valence-electron chi connectivity index (χ0n) is 10.9. The van der Waals surface area contributed by atoms with Gasteiger partial charge in [-0.15, -0.1) is 0 Å². The summed E-state index contributed by atoms with van der Waals surface area (Å²) in [5, 5.41) is 7.70. The van der Waals surface area contributed by atoms with Crippen LogP contribution in [-0.4, -0.2) is 16.8 Å². The molecule has 1 heterocycles. The van der Waals surface area contributed by atoms with Crippen LogP contribution in [0.4, 0.5) is 4.39 Å². The monoisotopic (exact) mass is 247 g/mol. The second-order valence-corrected chi connectivity index (χ2v) is 4.29. The minimum atomic E-state index is -0.223. The third-order valence-electron chi connectivity index (χ3n) is 3.10. The highest BCUT2D eigenvalue weighted by molar-refractivity contribution is 5.60. The standard InChI is InChI=1S/C14H18FN3/c1-4-18-14(9-13(17-18)10(2)16-3)11-6-5-7-12(15)8-11/h5-10,16H,4H2,1-3H3. The maximum atomic E-state index is 13.3. The number of benzene rings is 1.